The molecular formula is C28H31N3O2. The molecule has 1 saturated heterocycles. The van der Waals surface area contributed by atoms with Gasteiger partial charge in [-0.25, -0.2) is 4.79 Å². The molecule has 0 aliphatic carbocycles. The predicted molar refractivity (Wildman–Crippen MR) is 132 cm³/mol. The van der Waals surface area contributed by atoms with E-state index >= 15 is 0 Å². The summed E-state index contributed by atoms with van der Waals surface area (Å²) >= 11 is 0. The number of aryl methyl sites for hydroxylation is 1. The van der Waals surface area contributed by atoms with Crippen LogP contribution in [-0.4, -0.2) is 40.2 Å². The van der Waals surface area contributed by atoms with Crippen LogP contribution in [0.4, 0.5) is 0 Å². The van der Waals surface area contributed by atoms with Crippen molar-refractivity contribution in [1.29, 1.82) is 0 Å². The summed E-state index contributed by atoms with van der Waals surface area (Å²) in [5, 5.41) is 0. The summed E-state index contributed by atoms with van der Waals surface area (Å²) in [5.74, 6) is 0. The second kappa shape index (κ2) is 10.2. The van der Waals surface area contributed by atoms with E-state index in [1.807, 2.05) is 28.8 Å². The van der Waals surface area contributed by atoms with Crippen molar-refractivity contribution >= 4 is 11.0 Å². The number of piperidine rings is 1. The average Bonchev–Trinajstić information content (AvgIpc) is 3.19. The number of imidazole rings is 1. The molecule has 0 atom stereocenters. The second-order valence-electron chi connectivity index (χ2n) is 8.83. The number of fused-ring (bicyclic) bond motifs is 1. The fraction of sp³-hybridized carbons (Fsp3) is 0.321. The summed E-state index contributed by atoms with van der Waals surface area (Å²) in [6, 6.07) is 28.9. The molecule has 1 aromatic heterocycles. The molecule has 0 amide bonds. The Morgan fingerprint density at radius 3 is 2.09 bits per heavy atom. The highest BCUT2D eigenvalue weighted by molar-refractivity contribution is 5.74. The number of likely N-dealkylation sites (tertiary alicyclic amines) is 1. The zero-order valence-corrected chi connectivity index (χ0v) is 18.9. The van der Waals surface area contributed by atoms with Crippen LogP contribution in [0.3, 0.4) is 0 Å². The van der Waals surface area contributed by atoms with E-state index in [1.54, 1.807) is 0 Å². The second-order valence-corrected chi connectivity index (χ2v) is 8.83. The maximum absolute atomic E-state index is 12.3. The van der Waals surface area contributed by atoms with Gasteiger partial charge in [0.1, 0.15) is 6.10 Å². The van der Waals surface area contributed by atoms with E-state index in [1.165, 1.54) is 11.1 Å². The lowest BCUT2D eigenvalue weighted by molar-refractivity contribution is -0.0271. The minimum atomic E-state index is -0.0299. The van der Waals surface area contributed by atoms with Crippen LogP contribution in [0.2, 0.25) is 0 Å². The molecule has 1 aliphatic rings. The predicted octanol–water partition coefficient (Wildman–Crippen LogP) is 4.99. The first-order chi connectivity index (χ1) is 16.3. The number of aromatic amines is 1. The van der Waals surface area contributed by atoms with Gasteiger partial charge in [-0.3, -0.25) is 4.57 Å². The van der Waals surface area contributed by atoms with Crippen LogP contribution in [0.5, 0.6) is 0 Å². The molecule has 4 aromatic rings. The highest BCUT2D eigenvalue weighted by atomic mass is 16.5. The minimum absolute atomic E-state index is 0.0174. The molecule has 0 unspecified atom stereocenters. The Morgan fingerprint density at radius 2 is 1.42 bits per heavy atom. The van der Waals surface area contributed by atoms with Crippen molar-refractivity contribution in [3.63, 3.8) is 0 Å². The van der Waals surface area contributed by atoms with E-state index in [0.29, 0.717) is 0 Å². The molecule has 0 saturated carbocycles. The molecule has 1 aliphatic heterocycles. The van der Waals surface area contributed by atoms with Gasteiger partial charge in [0.15, 0.2) is 0 Å². The lowest BCUT2D eigenvalue weighted by Crippen LogP contribution is -2.38. The van der Waals surface area contributed by atoms with Crippen molar-refractivity contribution in [3.05, 3.63) is 107 Å². The van der Waals surface area contributed by atoms with Gasteiger partial charge in [-0.05, 0) is 49.1 Å². The highest BCUT2D eigenvalue weighted by Crippen LogP contribution is 2.30. The third kappa shape index (κ3) is 5.10. The van der Waals surface area contributed by atoms with Gasteiger partial charge < -0.3 is 14.6 Å². The normalized spacial score (nSPS) is 15.4. The van der Waals surface area contributed by atoms with Crippen LogP contribution in [0.1, 0.15) is 36.5 Å². The zero-order valence-electron chi connectivity index (χ0n) is 18.9. The van der Waals surface area contributed by atoms with Crippen LogP contribution in [0, 0.1) is 0 Å². The number of hydrogen-bond donors (Lipinski definition) is 1. The topological polar surface area (TPSA) is 50.3 Å². The highest BCUT2D eigenvalue weighted by Gasteiger charge is 2.24. The number of para-hydroxylation sites is 2. The minimum Gasteiger partial charge on any atom is -0.365 e. The Balaban J connectivity index is 1.15. The molecule has 3 aromatic carbocycles. The third-order valence-corrected chi connectivity index (χ3v) is 6.61. The van der Waals surface area contributed by atoms with Crippen LogP contribution >= 0.6 is 0 Å². The summed E-state index contributed by atoms with van der Waals surface area (Å²) in [5.41, 5.74) is 4.29. The third-order valence-electron chi connectivity index (χ3n) is 6.61. The Kier molecular flexibility index (Phi) is 6.70. The van der Waals surface area contributed by atoms with E-state index in [4.69, 9.17) is 4.74 Å². The van der Waals surface area contributed by atoms with Crippen molar-refractivity contribution in [2.45, 2.75) is 38.0 Å². The quantitative estimate of drug-likeness (QED) is 0.419. The zero-order chi connectivity index (χ0) is 22.5. The van der Waals surface area contributed by atoms with Gasteiger partial charge in [-0.1, -0.05) is 72.8 Å². The number of H-pyrrole nitrogens is 1. The first kappa shape index (κ1) is 21.7. The van der Waals surface area contributed by atoms with Crippen molar-refractivity contribution in [2.75, 3.05) is 19.6 Å². The maximum Gasteiger partial charge on any atom is 0.326 e. The lowest BCUT2D eigenvalue weighted by atomic mass is 10.00. The van der Waals surface area contributed by atoms with Gasteiger partial charge in [-0.2, -0.15) is 0 Å². The molecule has 1 fully saturated rings. The van der Waals surface area contributed by atoms with E-state index in [0.717, 1.165) is 56.5 Å². The van der Waals surface area contributed by atoms with Crippen LogP contribution in [-0.2, 0) is 11.3 Å². The molecule has 5 rings (SSSR count). The summed E-state index contributed by atoms with van der Waals surface area (Å²) in [4.78, 5) is 17.7. The standard InChI is InChI=1S/C28H31N3O2/c32-28-29-25-14-7-8-15-26(25)31(28)19-9-18-30-20-16-24(17-21-30)33-27(22-10-3-1-4-11-22)23-12-5-2-6-13-23/h1-8,10-15,24,27H,9,16-21H2,(H,29,32). The number of rotatable bonds is 8. The van der Waals surface area contributed by atoms with Gasteiger partial charge in [-0.15, -0.1) is 0 Å². The Bertz CT molecular complexity index is 1170. The molecule has 5 nitrogen and oxygen atoms in total. The molecule has 1 N–H and O–H groups in total. The number of aromatic nitrogens is 2. The van der Waals surface area contributed by atoms with Crippen LogP contribution in [0.25, 0.3) is 11.0 Å². The molecule has 170 valence electrons. The first-order valence-corrected chi connectivity index (χ1v) is 11.9. The van der Waals surface area contributed by atoms with Gasteiger partial charge >= 0.3 is 5.69 Å². The van der Waals surface area contributed by atoms with Gasteiger partial charge in [0.25, 0.3) is 0 Å². The van der Waals surface area contributed by atoms with Crippen molar-refractivity contribution in [3.8, 4) is 0 Å². The van der Waals surface area contributed by atoms with Gasteiger partial charge in [0.2, 0.25) is 0 Å². The molecule has 0 bridgehead atoms. The van der Waals surface area contributed by atoms with Gasteiger partial charge in [0.05, 0.1) is 17.1 Å². The molecule has 0 radical (unpaired) electrons. The van der Waals surface area contributed by atoms with Crippen molar-refractivity contribution in [1.82, 2.24) is 14.5 Å². The van der Waals surface area contributed by atoms with Gasteiger partial charge in [0, 0.05) is 19.6 Å². The summed E-state index contributed by atoms with van der Waals surface area (Å²) in [6.07, 6.45) is 3.25. The maximum atomic E-state index is 12.3. The van der Waals surface area contributed by atoms with Crippen LogP contribution in [0.15, 0.2) is 89.7 Å². The Morgan fingerprint density at radius 1 is 0.818 bits per heavy atom. The first-order valence-electron chi connectivity index (χ1n) is 11.9. The number of ether oxygens (including phenoxy) is 1. The lowest BCUT2D eigenvalue weighted by Gasteiger charge is -2.34. The Labute approximate surface area is 194 Å². The fourth-order valence-corrected chi connectivity index (χ4v) is 4.85. The molecular weight excluding hydrogens is 410 g/mol. The van der Waals surface area contributed by atoms with Crippen LogP contribution < -0.4 is 5.69 Å². The fourth-order valence-electron chi connectivity index (χ4n) is 4.85. The number of hydrogen-bond acceptors (Lipinski definition) is 3. The number of nitrogens with zero attached hydrogens (tertiary/aromatic N) is 2. The SMILES string of the molecule is O=c1[nH]c2ccccc2n1CCCN1CCC(OC(c2ccccc2)c2ccccc2)CC1. The summed E-state index contributed by atoms with van der Waals surface area (Å²) in [7, 11) is 0. The number of nitrogens with one attached hydrogen (secondary N) is 1. The number of benzene rings is 3. The molecule has 0 spiro atoms. The van der Waals surface area contributed by atoms with E-state index in [9.17, 15) is 4.79 Å². The smallest absolute Gasteiger partial charge is 0.326 e. The largest absolute Gasteiger partial charge is 0.365 e. The molecule has 5 heteroatoms. The molecule has 33 heavy (non-hydrogen) atoms. The monoisotopic (exact) mass is 441 g/mol. The van der Waals surface area contributed by atoms with Crippen molar-refractivity contribution < 1.29 is 4.74 Å². The van der Waals surface area contributed by atoms with E-state index in [2.05, 4.69) is 70.5 Å². The van der Waals surface area contributed by atoms with E-state index in [-0.39, 0.29) is 17.9 Å². The summed E-state index contributed by atoms with van der Waals surface area (Å²) in [6.45, 7) is 3.80. The Hall–Kier alpha value is -3.15. The average molecular weight is 442 g/mol. The molecule has 2 heterocycles. The van der Waals surface area contributed by atoms with Crippen molar-refractivity contribution in [2.24, 2.45) is 0 Å². The summed E-state index contributed by atoms with van der Waals surface area (Å²) < 4.78 is 8.52. The van der Waals surface area contributed by atoms with E-state index < -0.39 is 0 Å².